The molecule has 0 spiro atoms. The van der Waals surface area contributed by atoms with E-state index in [0.717, 1.165) is 19.3 Å². The monoisotopic (exact) mass is 197 g/mol. The molecule has 0 aliphatic carbocycles. The molecule has 1 unspecified atom stereocenters. The lowest BCUT2D eigenvalue weighted by atomic mass is 9.90. The van der Waals surface area contributed by atoms with E-state index < -0.39 is 0 Å². The molecule has 0 heterocycles. The van der Waals surface area contributed by atoms with E-state index in [1.165, 1.54) is 0 Å². The molecule has 3 nitrogen and oxygen atoms in total. The van der Waals surface area contributed by atoms with Gasteiger partial charge in [0, 0.05) is 18.0 Å². The maximum absolute atomic E-state index is 5.55. The zero-order valence-electron chi connectivity index (χ0n) is 9.80. The standard InChI is InChI=1S/C11H23N3/c1-6-7-8-9-10(13-12)11(2,3)14(4)5/h1,10,13H,7-9,12H2,2-5H3. The molecule has 3 heteroatoms. The van der Waals surface area contributed by atoms with E-state index in [1.807, 2.05) is 0 Å². The van der Waals surface area contributed by atoms with Gasteiger partial charge >= 0.3 is 0 Å². The minimum atomic E-state index is 0.0450. The van der Waals surface area contributed by atoms with Crippen molar-refractivity contribution in [1.29, 1.82) is 0 Å². The molecule has 0 saturated carbocycles. The molecule has 0 aromatic rings. The third-order valence-corrected chi connectivity index (χ3v) is 3.02. The van der Waals surface area contributed by atoms with E-state index in [4.69, 9.17) is 12.3 Å². The molecule has 0 rings (SSSR count). The minimum Gasteiger partial charge on any atom is -0.303 e. The van der Waals surface area contributed by atoms with Gasteiger partial charge in [-0.2, -0.15) is 0 Å². The lowest BCUT2D eigenvalue weighted by molar-refractivity contribution is 0.131. The molecular weight excluding hydrogens is 174 g/mol. The molecule has 3 N–H and O–H groups in total. The van der Waals surface area contributed by atoms with E-state index in [9.17, 15) is 0 Å². The van der Waals surface area contributed by atoms with Gasteiger partial charge in [0.05, 0.1) is 0 Å². The minimum absolute atomic E-state index is 0.0450. The first kappa shape index (κ1) is 13.4. The van der Waals surface area contributed by atoms with Crippen molar-refractivity contribution >= 4 is 0 Å². The molecule has 0 aliphatic heterocycles. The number of unbranched alkanes of at least 4 members (excludes halogenated alkanes) is 1. The molecule has 1 atom stereocenters. The van der Waals surface area contributed by atoms with Crippen molar-refractivity contribution in [3.63, 3.8) is 0 Å². The van der Waals surface area contributed by atoms with Crippen LogP contribution in [0.5, 0.6) is 0 Å². The Bertz CT molecular complexity index is 191. The first-order valence-corrected chi connectivity index (χ1v) is 5.03. The first-order valence-electron chi connectivity index (χ1n) is 5.03. The molecule has 0 amide bonds. The molecular formula is C11H23N3. The van der Waals surface area contributed by atoms with Gasteiger partial charge in [0.2, 0.25) is 0 Å². The second kappa shape index (κ2) is 6.02. The van der Waals surface area contributed by atoms with Gasteiger partial charge in [-0.15, -0.1) is 12.3 Å². The summed E-state index contributed by atoms with van der Waals surface area (Å²) >= 11 is 0. The van der Waals surface area contributed by atoms with Crippen LogP contribution < -0.4 is 11.3 Å². The van der Waals surface area contributed by atoms with Gasteiger partial charge in [-0.1, -0.05) is 0 Å². The largest absolute Gasteiger partial charge is 0.303 e. The van der Waals surface area contributed by atoms with Crippen LogP contribution in [0.2, 0.25) is 0 Å². The highest BCUT2D eigenvalue weighted by molar-refractivity contribution is 4.91. The zero-order chi connectivity index (χ0) is 11.2. The van der Waals surface area contributed by atoms with Gasteiger partial charge in [0.1, 0.15) is 0 Å². The molecule has 82 valence electrons. The molecule has 0 radical (unpaired) electrons. The number of hydrazine groups is 1. The SMILES string of the molecule is C#CCCCC(NN)C(C)(C)N(C)C. The lowest BCUT2D eigenvalue weighted by Gasteiger charge is -2.39. The van der Waals surface area contributed by atoms with Gasteiger partial charge < -0.3 is 4.90 Å². The predicted octanol–water partition coefficient (Wildman–Crippen LogP) is 0.962. The first-order chi connectivity index (χ1) is 6.46. The van der Waals surface area contributed by atoms with Crippen molar-refractivity contribution in [2.75, 3.05) is 14.1 Å². The zero-order valence-corrected chi connectivity index (χ0v) is 9.80. The van der Waals surface area contributed by atoms with Crippen molar-refractivity contribution in [2.45, 2.75) is 44.7 Å². The molecule has 14 heavy (non-hydrogen) atoms. The van der Waals surface area contributed by atoms with Crippen LogP contribution in [-0.4, -0.2) is 30.6 Å². The summed E-state index contributed by atoms with van der Waals surface area (Å²) in [7, 11) is 4.12. The molecule has 0 fully saturated rings. The molecule has 0 saturated heterocycles. The third kappa shape index (κ3) is 3.67. The maximum atomic E-state index is 5.55. The number of hydrogen-bond acceptors (Lipinski definition) is 3. The van der Waals surface area contributed by atoms with Crippen LogP contribution in [-0.2, 0) is 0 Å². The number of nitrogens with zero attached hydrogens (tertiary/aromatic N) is 1. The van der Waals surface area contributed by atoms with E-state index in [2.05, 4.69) is 44.2 Å². The fraction of sp³-hybridized carbons (Fsp3) is 0.818. The summed E-state index contributed by atoms with van der Waals surface area (Å²) in [6, 6.07) is 0.269. The summed E-state index contributed by atoms with van der Waals surface area (Å²) in [6.07, 6.45) is 8.06. The van der Waals surface area contributed by atoms with Gasteiger partial charge in [0.25, 0.3) is 0 Å². The van der Waals surface area contributed by atoms with E-state index in [1.54, 1.807) is 0 Å². The van der Waals surface area contributed by atoms with Crippen molar-refractivity contribution in [3.05, 3.63) is 0 Å². The van der Waals surface area contributed by atoms with Crippen LogP contribution in [0.1, 0.15) is 33.1 Å². The highest BCUT2D eigenvalue weighted by atomic mass is 15.3. The maximum Gasteiger partial charge on any atom is 0.0389 e. The summed E-state index contributed by atoms with van der Waals surface area (Å²) in [5.74, 6) is 8.20. The number of nitrogens with one attached hydrogen (secondary N) is 1. The fourth-order valence-electron chi connectivity index (χ4n) is 1.36. The van der Waals surface area contributed by atoms with E-state index in [0.29, 0.717) is 0 Å². The summed E-state index contributed by atoms with van der Waals surface area (Å²) in [5, 5.41) is 0. The Morgan fingerprint density at radius 1 is 1.50 bits per heavy atom. The van der Waals surface area contributed by atoms with Crippen LogP contribution >= 0.6 is 0 Å². The fourth-order valence-corrected chi connectivity index (χ4v) is 1.36. The Morgan fingerprint density at radius 2 is 2.07 bits per heavy atom. The summed E-state index contributed by atoms with van der Waals surface area (Å²) in [6.45, 7) is 4.35. The Hall–Kier alpha value is -0.560. The van der Waals surface area contributed by atoms with Gasteiger partial charge in [0.15, 0.2) is 0 Å². The third-order valence-electron chi connectivity index (χ3n) is 3.02. The second-order valence-corrected chi connectivity index (χ2v) is 4.36. The van der Waals surface area contributed by atoms with Crippen molar-refractivity contribution < 1.29 is 0 Å². The van der Waals surface area contributed by atoms with Crippen LogP contribution in [0.4, 0.5) is 0 Å². The van der Waals surface area contributed by atoms with E-state index in [-0.39, 0.29) is 11.6 Å². The summed E-state index contributed by atoms with van der Waals surface area (Å²) in [4.78, 5) is 2.17. The number of nitrogens with two attached hydrogens (primary N) is 1. The number of rotatable bonds is 6. The number of terminal acetylenes is 1. The molecule has 0 aromatic carbocycles. The average molecular weight is 197 g/mol. The smallest absolute Gasteiger partial charge is 0.0389 e. The molecule has 0 aliphatic rings. The van der Waals surface area contributed by atoms with Gasteiger partial charge in [-0.25, -0.2) is 0 Å². The quantitative estimate of drug-likeness (QED) is 0.288. The Morgan fingerprint density at radius 3 is 2.43 bits per heavy atom. The molecule has 0 aromatic heterocycles. The lowest BCUT2D eigenvalue weighted by Crippen LogP contribution is -2.57. The predicted molar refractivity (Wildman–Crippen MR) is 61.6 cm³/mol. The van der Waals surface area contributed by atoms with Crippen molar-refractivity contribution in [1.82, 2.24) is 10.3 Å². The van der Waals surface area contributed by atoms with Crippen LogP contribution in [0.15, 0.2) is 0 Å². The molecule has 0 bridgehead atoms. The van der Waals surface area contributed by atoms with Crippen LogP contribution in [0.3, 0.4) is 0 Å². The number of hydrogen-bond donors (Lipinski definition) is 2. The summed E-state index contributed by atoms with van der Waals surface area (Å²) in [5.41, 5.74) is 2.92. The van der Waals surface area contributed by atoms with Crippen molar-refractivity contribution in [2.24, 2.45) is 5.84 Å². The van der Waals surface area contributed by atoms with Gasteiger partial charge in [-0.05, 0) is 40.8 Å². The summed E-state index contributed by atoms with van der Waals surface area (Å²) < 4.78 is 0. The van der Waals surface area contributed by atoms with Crippen molar-refractivity contribution in [3.8, 4) is 12.3 Å². The number of likely N-dealkylation sites (N-methyl/N-ethyl adjacent to an activating group) is 1. The average Bonchev–Trinajstić information content (AvgIpc) is 2.12. The normalized spacial score (nSPS) is 14.1. The topological polar surface area (TPSA) is 41.3 Å². The Kier molecular flexibility index (Phi) is 5.78. The van der Waals surface area contributed by atoms with Crippen LogP contribution in [0, 0.1) is 12.3 Å². The Balaban J connectivity index is 4.19. The highest BCUT2D eigenvalue weighted by Gasteiger charge is 2.29. The second-order valence-electron chi connectivity index (χ2n) is 4.36. The van der Waals surface area contributed by atoms with E-state index >= 15 is 0 Å². The van der Waals surface area contributed by atoms with Gasteiger partial charge in [-0.3, -0.25) is 11.3 Å². The highest BCUT2D eigenvalue weighted by Crippen LogP contribution is 2.19. The Labute approximate surface area is 88.0 Å². The van der Waals surface area contributed by atoms with Crippen LogP contribution in [0.25, 0.3) is 0 Å².